The lowest BCUT2D eigenvalue weighted by molar-refractivity contribution is 0.385. The van der Waals surface area contributed by atoms with Gasteiger partial charge in [0.1, 0.15) is 0 Å². The molecule has 1 aromatic heterocycles. The van der Waals surface area contributed by atoms with Crippen LogP contribution in [0.1, 0.15) is 45.0 Å². The summed E-state index contributed by atoms with van der Waals surface area (Å²) < 4.78 is 5.35. The Balaban J connectivity index is 2.60. The monoisotopic (exact) mass is 183 g/mol. The van der Waals surface area contributed by atoms with Crippen LogP contribution in [0.5, 0.6) is 0 Å². The predicted molar refractivity (Wildman–Crippen MR) is 50.1 cm³/mol. The molecular weight excluding hydrogens is 166 g/mol. The van der Waals surface area contributed by atoms with Crippen molar-refractivity contribution in [2.45, 2.75) is 39.7 Å². The second-order valence-electron chi connectivity index (χ2n) is 3.62. The summed E-state index contributed by atoms with van der Waals surface area (Å²) in [5, 5.41) is 7.76. The van der Waals surface area contributed by atoms with Gasteiger partial charge in [-0.3, -0.25) is 0 Å². The smallest absolute Gasteiger partial charge is 0.233 e. The maximum absolute atomic E-state index is 5.87. The Morgan fingerprint density at radius 2 is 2.08 bits per heavy atom. The van der Waals surface area contributed by atoms with Crippen LogP contribution in [0.2, 0.25) is 0 Å². The fourth-order valence-corrected chi connectivity index (χ4v) is 1.17. The summed E-state index contributed by atoms with van der Waals surface area (Å²) >= 11 is 0. The average Bonchev–Trinajstić information content (AvgIpc) is 2.50. The van der Waals surface area contributed by atoms with Gasteiger partial charge in [0, 0.05) is 6.42 Å². The van der Waals surface area contributed by atoms with Gasteiger partial charge < -0.3 is 10.2 Å². The fourth-order valence-electron chi connectivity index (χ4n) is 1.17. The molecule has 0 bridgehead atoms. The van der Waals surface area contributed by atoms with Gasteiger partial charge in [-0.15, -0.1) is 10.2 Å². The van der Waals surface area contributed by atoms with Crippen molar-refractivity contribution in [1.82, 2.24) is 10.2 Å². The minimum Gasteiger partial charge on any atom is -0.424 e. The van der Waals surface area contributed by atoms with Crippen molar-refractivity contribution in [2.24, 2.45) is 11.7 Å². The van der Waals surface area contributed by atoms with Gasteiger partial charge in [-0.2, -0.15) is 0 Å². The van der Waals surface area contributed by atoms with Crippen LogP contribution in [0.4, 0.5) is 0 Å². The van der Waals surface area contributed by atoms with E-state index >= 15 is 0 Å². The Bertz CT molecular complexity index is 257. The molecule has 1 aromatic rings. The zero-order valence-corrected chi connectivity index (χ0v) is 8.45. The number of aromatic nitrogens is 2. The van der Waals surface area contributed by atoms with Crippen molar-refractivity contribution in [3.63, 3.8) is 0 Å². The first kappa shape index (κ1) is 10.2. The zero-order chi connectivity index (χ0) is 9.84. The van der Waals surface area contributed by atoms with Crippen LogP contribution in [0, 0.1) is 5.92 Å². The highest BCUT2D eigenvalue weighted by Crippen LogP contribution is 2.17. The predicted octanol–water partition coefficient (Wildman–Crippen LogP) is 1.68. The van der Waals surface area contributed by atoms with Crippen molar-refractivity contribution in [3.8, 4) is 0 Å². The summed E-state index contributed by atoms with van der Waals surface area (Å²) in [5.41, 5.74) is 5.87. The minimum atomic E-state index is -0.118. The second-order valence-corrected chi connectivity index (χ2v) is 3.62. The number of nitrogens with two attached hydrogens (primary N) is 1. The van der Waals surface area contributed by atoms with E-state index in [1.54, 1.807) is 0 Å². The highest BCUT2D eigenvalue weighted by molar-refractivity contribution is 4.88. The number of hydrogen-bond acceptors (Lipinski definition) is 4. The van der Waals surface area contributed by atoms with Crippen molar-refractivity contribution in [3.05, 3.63) is 11.8 Å². The minimum absolute atomic E-state index is 0.118. The van der Waals surface area contributed by atoms with Gasteiger partial charge in [0.2, 0.25) is 11.8 Å². The third kappa shape index (κ3) is 2.81. The number of nitrogens with zero attached hydrogens (tertiary/aromatic N) is 2. The molecule has 1 unspecified atom stereocenters. The Morgan fingerprint density at radius 3 is 2.54 bits per heavy atom. The van der Waals surface area contributed by atoms with Gasteiger partial charge in [-0.1, -0.05) is 20.8 Å². The molecule has 0 fully saturated rings. The molecule has 0 aliphatic carbocycles. The quantitative estimate of drug-likeness (QED) is 0.771. The standard InChI is InChI=1S/C9H17N3O/c1-4-8-11-12-9(13-8)7(10)5-6(2)3/h6-7H,4-5,10H2,1-3H3. The van der Waals surface area contributed by atoms with Gasteiger partial charge in [-0.25, -0.2) is 0 Å². The molecule has 0 aliphatic rings. The summed E-state index contributed by atoms with van der Waals surface area (Å²) in [7, 11) is 0. The average molecular weight is 183 g/mol. The lowest BCUT2D eigenvalue weighted by Crippen LogP contribution is -2.13. The van der Waals surface area contributed by atoms with Crippen LogP contribution in [-0.2, 0) is 6.42 Å². The molecule has 1 atom stereocenters. The fraction of sp³-hybridized carbons (Fsp3) is 0.778. The lowest BCUT2D eigenvalue weighted by atomic mass is 10.1. The van der Waals surface area contributed by atoms with Crippen LogP contribution < -0.4 is 5.73 Å². The summed E-state index contributed by atoms with van der Waals surface area (Å²) in [6, 6.07) is -0.118. The molecule has 13 heavy (non-hydrogen) atoms. The molecule has 0 amide bonds. The van der Waals surface area contributed by atoms with E-state index in [4.69, 9.17) is 10.2 Å². The van der Waals surface area contributed by atoms with Crippen molar-refractivity contribution in [2.75, 3.05) is 0 Å². The Morgan fingerprint density at radius 1 is 1.38 bits per heavy atom. The van der Waals surface area contributed by atoms with E-state index < -0.39 is 0 Å². The number of rotatable bonds is 4. The maximum atomic E-state index is 5.87. The van der Waals surface area contributed by atoms with E-state index in [2.05, 4.69) is 24.0 Å². The first-order chi connectivity index (χ1) is 6.13. The summed E-state index contributed by atoms with van der Waals surface area (Å²) in [4.78, 5) is 0. The van der Waals surface area contributed by atoms with Crippen LogP contribution in [-0.4, -0.2) is 10.2 Å². The SMILES string of the molecule is CCc1nnc(C(N)CC(C)C)o1. The van der Waals surface area contributed by atoms with E-state index in [1.807, 2.05) is 6.92 Å². The number of hydrogen-bond donors (Lipinski definition) is 1. The summed E-state index contributed by atoms with van der Waals surface area (Å²) in [5.74, 6) is 1.77. The van der Waals surface area contributed by atoms with E-state index in [-0.39, 0.29) is 6.04 Å². The van der Waals surface area contributed by atoms with E-state index in [9.17, 15) is 0 Å². The third-order valence-electron chi connectivity index (χ3n) is 1.83. The highest BCUT2D eigenvalue weighted by atomic mass is 16.4. The molecule has 74 valence electrons. The van der Waals surface area contributed by atoms with Crippen LogP contribution in [0.3, 0.4) is 0 Å². The first-order valence-corrected chi connectivity index (χ1v) is 4.71. The van der Waals surface area contributed by atoms with Crippen LogP contribution >= 0.6 is 0 Å². The highest BCUT2D eigenvalue weighted by Gasteiger charge is 2.14. The Labute approximate surface area is 78.5 Å². The van der Waals surface area contributed by atoms with E-state index in [1.165, 1.54) is 0 Å². The normalized spacial score (nSPS) is 13.6. The topological polar surface area (TPSA) is 64.9 Å². The number of aryl methyl sites for hydroxylation is 1. The lowest BCUT2D eigenvalue weighted by Gasteiger charge is -2.08. The molecule has 1 rings (SSSR count). The molecule has 4 nitrogen and oxygen atoms in total. The summed E-state index contributed by atoms with van der Waals surface area (Å²) in [6.45, 7) is 6.22. The molecular formula is C9H17N3O. The second kappa shape index (κ2) is 4.37. The molecule has 0 saturated heterocycles. The zero-order valence-electron chi connectivity index (χ0n) is 8.45. The van der Waals surface area contributed by atoms with E-state index in [0.717, 1.165) is 12.8 Å². The molecule has 1 heterocycles. The van der Waals surface area contributed by atoms with Gasteiger partial charge in [0.05, 0.1) is 6.04 Å². The Kier molecular flexibility index (Phi) is 3.42. The molecule has 0 spiro atoms. The largest absolute Gasteiger partial charge is 0.424 e. The van der Waals surface area contributed by atoms with Gasteiger partial charge in [0.25, 0.3) is 0 Å². The van der Waals surface area contributed by atoms with Gasteiger partial charge in [-0.05, 0) is 12.3 Å². The van der Waals surface area contributed by atoms with Crippen LogP contribution in [0.25, 0.3) is 0 Å². The van der Waals surface area contributed by atoms with Gasteiger partial charge in [0.15, 0.2) is 0 Å². The van der Waals surface area contributed by atoms with Crippen LogP contribution in [0.15, 0.2) is 4.42 Å². The molecule has 0 radical (unpaired) electrons. The molecule has 0 aromatic carbocycles. The summed E-state index contributed by atoms with van der Waals surface area (Å²) in [6.07, 6.45) is 1.65. The molecule has 0 aliphatic heterocycles. The maximum Gasteiger partial charge on any atom is 0.233 e. The molecule has 4 heteroatoms. The van der Waals surface area contributed by atoms with Gasteiger partial charge >= 0.3 is 0 Å². The third-order valence-corrected chi connectivity index (χ3v) is 1.83. The Hall–Kier alpha value is -0.900. The van der Waals surface area contributed by atoms with E-state index in [0.29, 0.717) is 17.7 Å². The van der Waals surface area contributed by atoms with Crippen molar-refractivity contribution in [1.29, 1.82) is 0 Å². The van der Waals surface area contributed by atoms with Crippen molar-refractivity contribution >= 4 is 0 Å². The van der Waals surface area contributed by atoms with Crippen molar-refractivity contribution < 1.29 is 4.42 Å². The molecule has 2 N–H and O–H groups in total. The molecule has 0 saturated carbocycles. The first-order valence-electron chi connectivity index (χ1n) is 4.71.